The fraction of sp³-hybridized carbons (Fsp3) is 0.714. The zero-order chi connectivity index (χ0) is 19.4. The second kappa shape index (κ2) is 6.06. The molecule has 2 aliphatic heterocycles. The molecular weight excluding hydrogens is 344 g/mol. The monoisotopic (exact) mass is 378 g/mol. The van der Waals surface area contributed by atoms with Gasteiger partial charge in [-0.3, -0.25) is 0 Å². The second-order valence-electron chi connectivity index (χ2n) is 9.62. The first kappa shape index (κ1) is 19.9. The molecule has 2 atom stereocenters. The molecule has 0 saturated carbocycles. The van der Waals surface area contributed by atoms with E-state index in [-0.39, 0.29) is 10.8 Å². The van der Waals surface area contributed by atoms with Crippen molar-refractivity contribution in [3.63, 3.8) is 0 Å². The summed E-state index contributed by atoms with van der Waals surface area (Å²) in [5, 5.41) is 0. The van der Waals surface area contributed by atoms with Crippen LogP contribution in [0.3, 0.4) is 0 Å². The van der Waals surface area contributed by atoms with Crippen molar-refractivity contribution in [1.29, 1.82) is 0 Å². The van der Waals surface area contributed by atoms with Crippen LogP contribution in [0.25, 0.3) is 0 Å². The number of benzene rings is 1. The SMILES string of the molecule is CCC(C)(C)C12OOC1(c1cccc(O[Si](C)(C)CC)c1)OCC2(C)C. The molecule has 146 valence electrons. The Morgan fingerprint density at radius 3 is 2.38 bits per heavy atom. The van der Waals surface area contributed by atoms with Gasteiger partial charge >= 0.3 is 0 Å². The van der Waals surface area contributed by atoms with Crippen molar-refractivity contribution in [2.75, 3.05) is 6.61 Å². The lowest BCUT2D eigenvalue weighted by Crippen LogP contribution is -2.73. The van der Waals surface area contributed by atoms with Gasteiger partial charge in [0.2, 0.25) is 8.32 Å². The van der Waals surface area contributed by atoms with Crippen LogP contribution in [0.5, 0.6) is 5.75 Å². The van der Waals surface area contributed by atoms with Gasteiger partial charge in [0, 0.05) is 16.4 Å². The van der Waals surface area contributed by atoms with Gasteiger partial charge in [-0.15, -0.1) is 0 Å². The average molecular weight is 379 g/mol. The van der Waals surface area contributed by atoms with Crippen LogP contribution in [0.1, 0.15) is 53.5 Å². The minimum Gasteiger partial charge on any atom is -0.544 e. The summed E-state index contributed by atoms with van der Waals surface area (Å²) in [5.41, 5.74) is 0.158. The van der Waals surface area contributed by atoms with Crippen LogP contribution in [-0.4, -0.2) is 20.5 Å². The lowest BCUT2D eigenvalue weighted by molar-refractivity contribution is -0.627. The van der Waals surface area contributed by atoms with Crippen LogP contribution < -0.4 is 4.43 Å². The minimum absolute atomic E-state index is 0.112. The molecule has 0 aliphatic carbocycles. The van der Waals surface area contributed by atoms with Gasteiger partial charge in [-0.25, -0.2) is 4.89 Å². The maximum Gasteiger partial charge on any atom is 0.261 e. The van der Waals surface area contributed by atoms with E-state index in [4.69, 9.17) is 18.9 Å². The van der Waals surface area contributed by atoms with Crippen LogP contribution in [0, 0.1) is 10.8 Å². The summed E-state index contributed by atoms with van der Waals surface area (Å²) in [6.07, 6.45) is 0.969. The first-order valence-electron chi connectivity index (χ1n) is 9.77. The highest BCUT2D eigenvalue weighted by Gasteiger charge is 2.81. The first-order chi connectivity index (χ1) is 12.0. The molecule has 2 aliphatic rings. The molecule has 5 heteroatoms. The molecule has 3 rings (SSSR count). The summed E-state index contributed by atoms with van der Waals surface area (Å²) in [6.45, 7) is 18.4. The number of ether oxygens (including phenoxy) is 1. The smallest absolute Gasteiger partial charge is 0.261 e. The fourth-order valence-electron chi connectivity index (χ4n) is 4.48. The van der Waals surface area contributed by atoms with Crippen molar-refractivity contribution in [2.45, 2.75) is 78.5 Å². The Bertz CT molecular complexity index is 684. The van der Waals surface area contributed by atoms with E-state index in [1.54, 1.807) is 0 Å². The van der Waals surface area contributed by atoms with Gasteiger partial charge in [-0.05, 0) is 37.7 Å². The van der Waals surface area contributed by atoms with Crippen molar-refractivity contribution in [3.8, 4) is 5.75 Å². The fourth-order valence-corrected chi connectivity index (χ4v) is 5.39. The number of fused-ring (bicyclic) bond motifs is 1. The zero-order valence-electron chi connectivity index (χ0n) is 17.6. The molecule has 0 bridgehead atoms. The van der Waals surface area contributed by atoms with E-state index in [9.17, 15) is 0 Å². The van der Waals surface area contributed by atoms with Gasteiger partial charge in [0.05, 0.1) is 6.61 Å². The molecule has 2 unspecified atom stereocenters. The Hall–Kier alpha value is -0.883. The van der Waals surface area contributed by atoms with Crippen molar-refractivity contribution in [1.82, 2.24) is 0 Å². The quantitative estimate of drug-likeness (QED) is 0.474. The van der Waals surface area contributed by atoms with Crippen molar-refractivity contribution >= 4 is 8.32 Å². The Kier molecular flexibility index (Phi) is 4.63. The third-order valence-corrected chi connectivity index (χ3v) is 9.12. The minimum atomic E-state index is -1.71. The van der Waals surface area contributed by atoms with Crippen LogP contribution >= 0.6 is 0 Å². The molecule has 0 radical (unpaired) electrons. The zero-order valence-corrected chi connectivity index (χ0v) is 18.6. The molecule has 26 heavy (non-hydrogen) atoms. The molecule has 0 aromatic heterocycles. The van der Waals surface area contributed by atoms with E-state index in [1.807, 2.05) is 12.1 Å². The van der Waals surface area contributed by atoms with Crippen LogP contribution in [-0.2, 0) is 20.3 Å². The average Bonchev–Trinajstić information content (AvgIpc) is 2.70. The van der Waals surface area contributed by atoms with E-state index in [0.717, 1.165) is 23.8 Å². The summed E-state index contributed by atoms with van der Waals surface area (Å²) >= 11 is 0. The van der Waals surface area contributed by atoms with Gasteiger partial charge in [-0.1, -0.05) is 53.7 Å². The molecule has 1 aromatic rings. The predicted molar refractivity (Wildman–Crippen MR) is 105 cm³/mol. The third kappa shape index (κ3) is 2.51. The standard InChI is InChI=1S/C21H34O4Si/c1-9-18(3,4)21-19(5,6)15-22-20(21,24-25-21)16-12-11-13-17(14-16)23-26(7,8)10-2/h11-14H,9-10,15H2,1-8H3. The van der Waals surface area contributed by atoms with Gasteiger partial charge in [0.15, 0.2) is 5.60 Å². The Balaban J connectivity index is 2.06. The summed E-state index contributed by atoms with van der Waals surface area (Å²) in [7, 11) is -1.71. The van der Waals surface area contributed by atoms with Gasteiger partial charge in [0.25, 0.3) is 5.79 Å². The topological polar surface area (TPSA) is 36.9 Å². The maximum atomic E-state index is 6.35. The summed E-state index contributed by atoms with van der Waals surface area (Å²) < 4.78 is 12.7. The van der Waals surface area contributed by atoms with E-state index in [2.05, 4.69) is 66.8 Å². The molecule has 0 spiro atoms. The number of hydrogen-bond acceptors (Lipinski definition) is 4. The van der Waals surface area contributed by atoms with Crippen LogP contribution in [0.4, 0.5) is 0 Å². The first-order valence-corrected chi connectivity index (χ1v) is 12.9. The lowest BCUT2D eigenvalue weighted by atomic mass is 9.56. The normalized spacial score (nSPS) is 30.6. The lowest BCUT2D eigenvalue weighted by Gasteiger charge is -2.61. The predicted octanol–water partition coefficient (Wildman–Crippen LogP) is 5.64. The molecule has 2 heterocycles. The highest BCUT2D eigenvalue weighted by molar-refractivity contribution is 6.71. The highest BCUT2D eigenvalue weighted by Crippen LogP contribution is 2.69. The highest BCUT2D eigenvalue weighted by atomic mass is 28.4. The van der Waals surface area contributed by atoms with E-state index >= 15 is 0 Å². The van der Waals surface area contributed by atoms with Gasteiger partial charge < -0.3 is 9.16 Å². The molecular formula is C21H34O4Si. The molecule has 4 nitrogen and oxygen atoms in total. The van der Waals surface area contributed by atoms with E-state index < -0.39 is 19.7 Å². The summed E-state index contributed by atoms with van der Waals surface area (Å²) in [6, 6.07) is 9.27. The van der Waals surface area contributed by atoms with E-state index in [0.29, 0.717) is 6.61 Å². The van der Waals surface area contributed by atoms with Crippen LogP contribution in [0.2, 0.25) is 19.1 Å². The second-order valence-corrected chi connectivity index (χ2v) is 14.0. The van der Waals surface area contributed by atoms with Gasteiger partial charge in [-0.2, -0.15) is 4.89 Å². The van der Waals surface area contributed by atoms with Gasteiger partial charge in [0.1, 0.15) is 5.75 Å². The largest absolute Gasteiger partial charge is 0.544 e. The number of rotatable bonds is 6. The third-order valence-electron chi connectivity index (χ3n) is 6.63. The molecule has 0 N–H and O–H groups in total. The van der Waals surface area contributed by atoms with Crippen molar-refractivity contribution < 1.29 is 18.9 Å². The summed E-state index contributed by atoms with van der Waals surface area (Å²) in [5.74, 6) is 0.00946. The molecule has 0 amide bonds. The molecule has 2 fully saturated rings. The Labute approximate surface area is 159 Å². The van der Waals surface area contributed by atoms with Crippen LogP contribution in [0.15, 0.2) is 24.3 Å². The Morgan fingerprint density at radius 1 is 1.15 bits per heavy atom. The molecule has 1 aromatic carbocycles. The Morgan fingerprint density at radius 2 is 1.85 bits per heavy atom. The molecule has 2 saturated heterocycles. The van der Waals surface area contributed by atoms with Crippen molar-refractivity contribution in [2.24, 2.45) is 10.8 Å². The number of hydrogen-bond donors (Lipinski definition) is 0. The maximum absolute atomic E-state index is 6.35. The summed E-state index contributed by atoms with van der Waals surface area (Å²) in [4.78, 5) is 11.8. The van der Waals surface area contributed by atoms with E-state index in [1.165, 1.54) is 0 Å². The van der Waals surface area contributed by atoms with Crippen molar-refractivity contribution in [3.05, 3.63) is 29.8 Å².